The number of carbonyl (C=O) groups is 1. The molecule has 1 saturated heterocycles. The predicted molar refractivity (Wildman–Crippen MR) is 69.2 cm³/mol. The van der Waals surface area contributed by atoms with E-state index in [0.717, 1.165) is 32.6 Å². The van der Waals surface area contributed by atoms with E-state index in [2.05, 4.69) is 17.1 Å². The largest absolute Gasteiger partial charge is 0.480 e. The molecule has 100 valence electrons. The van der Waals surface area contributed by atoms with Crippen LogP contribution in [-0.2, 0) is 4.79 Å². The Morgan fingerprint density at radius 2 is 2.29 bits per heavy atom. The Morgan fingerprint density at radius 3 is 2.76 bits per heavy atom. The van der Waals surface area contributed by atoms with Gasteiger partial charge < -0.3 is 10.4 Å². The van der Waals surface area contributed by atoms with Gasteiger partial charge in [-0.1, -0.05) is 13.8 Å². The lowest BCUT2D eigenvalue weighted by atomic mass is 9.98. The minimum atomic E-state index is -0.676. The summed E-state index contributed by atoms with van der Waals surface area (Å²) in [5.41, 5.74) is 0. The van der Waals surface area contributed by atoms with Crippen molar-refractivity contribution in [2.24, 2.45) is 5.92 Å². The summed E-state index contributed by atoms with van der Waals surface area (Å²) < 4.78 is 0. The molecular weight excluding hydrogens is 216 g/mol. The molecule has 1 heterocycles. The van der Waals surface area contributed by atoms with Gasteiger partial charge in [0.25, 0.3) is 0 Å². The molecule has 4 nitrogen and oxygen atoms in total. The van der Waals surface area contributed by atoms with Gasteiger partial charge in [-0.25, -0.2) is 0 Å². The van der Waals surface area contributed by atoms with Crippen LogP contribution >= 0.6 is 0 Å². The normalized spacial score (nSPS) is 22.6. The molecule has 0 spiro atoms. The highest BCUT2D eigenvalue weighted by atomic mass is 16.4. The van der Waals surface area contributed by atoms with Crippen LogP contribution in [0.5, 0.6) is 0 Å². The van der Waals surface area contributed by atoms with E-state index < -0.39 is 5.97 Å². The summed E-state index contributed by atoms with van der Waals surface area (Å²) in [4.78, 5) is 13.4. The maximum absolute atomic E-state index is 11.2. The Labute approximate surface area is 104 Å². The highest BCUT2D eigenvalue weighted by molar-refractivity contribution is 5.73. The molecule has 1 fully saturated rings. The van der Waals surface area contributed by atoms with Crippen LogP contribution in [0.15, 0.2) is 0 Å². The Hall–Kier alpha value is -0.610. The molecule has 1 rings (SSSR count). The number of aliphatic carboxylic acids is 1. The van der Waals surface area contributed by atoms with Gasteiger partial charge in [-0.2, -0.15) is 0 Å². The van der Waals surface area contributed by atoms with Crippen LogP contribution in [0.4, 0.5) is 0 Å². The van der Waals surface area contributed by atoms with Crippen molar-refractivity contribution in [2.45, 2.75) is 45.6 Å². The van der Waals surface area contributed by atoms with Gasteiger partial charge in [-0.15, -0.1) is 0 Å². The van der Waals surface area contributed by atoms with Crippen molar-refractivity contribution >= 4 is 5.97 Å². The summed E-state index contributed by atoms with van der Waals surface area (Å²) in [5.74, 6) is -0.0616. The first-order valence-corrected chi connectivity index (χ1v) is 6.86. The smallest absolute Gasteiger partial charge is 0.320 e. The molecule has 1 aliphatic rings. The maximum Gasteiger partial charge on any atom is 0.320 e. The van der Waals surface area contributed by atoms with Crippen LogP contribution in [0, 0.1) is 5.92 Å². The summed E-state index contributed by atoms with van der Waals surface area (Å²) in [6.45, 7) is 8.03. The van der Waals surface area contributed by atoms with Gasteiger partial charge in [0.15, 0.2) is 0 Å². The number of carboxylic acids is 1. The van der Waals surface area contributed by atoms with Crippen LogP contribution in [0.3, 0.4) is 0 Å². The van der Waals surface area contributed by atoms with Crippen LogP contribution < -0.4 is 5.32 Å². The van der Waals surface area contributed by atoms with Crippen LogP contribution in [0.2, 0.25) is 0 Å². The number of nitrogens with zero attached hydrogens (tertiary/aromatic N) is 1. The SMILES string of the molecule is CCCN(CC1CCCNC1)C(CC)C(=O)O. The van der Waals surface area contributed by atoms with Crippen LogP contribution in [0.1, 0.15) is 39.5 Å². The van der Waals surface area contributed by atoms with Crippen molar-refractivity contribution < 1.29 is 9.90 Å². The molecule has 0 aromatic rings. The molecule has 0 aliphatic carbocycles. The number of hydrogen-bond donors (Lipinski definition) is 2. The summed E-state index contributed by atoms with van der Waals surface area (Å²) in [7, 11) is 0. The number of nitrogens with one attached hydrogen (secondary N) is 1. The summed E-state index contributed by atoms with van der Waals surface area (Å²) in [5, 5.41) is 12.6. The molecule has 17 heavy (non-hydrogen) atoms. The van der Waals surface area contributed by atoms with Gasteiger partial charge >= 0.3 is 5.97 Å². The molecule has 0 radical (unpaired) electrons. The zero-order valence-corrected chi connectivity index (χ0v) is 11.1. The molecule has 0 bridgehead atoms. The van der Waals surface area contributed by atoms with Gasteiger partial charge in [0.2, 0.25) is 0 Å². The Balaban J connectivity index is 2.53. The Morgan fingerprint density at radius 1 is 1.53 bits per heavy atom. The number of rotatable bonds is 7. The molecule has 0 aromatic heterocycles. The van der Waals surface area contributed by atoms with Crippen molar-refractivity contribution in [1.29, 1.82) is 0 Å². The predicted octanol–water partition coefficient (Wildman–Crippen LogP) is 1.56. The zero-order valence-electron chi connectivity index (χ0n) is 11.1. The van der Waals surface area contributed by atoms with Gasteiger partial charge in [-0.05, 0) is 51.2 Å². The van der Waals surface area contributed by atoms with Crippen molar-refractivity contribution in [1.82, 2.24) is 10.2 Å². The van der Waals surface area contributed by atoms with Crippen molar-refractivity contribution in [2.75, 3.05) is 26.2 Å². The standard InChI is InChI=1S/C13H26N2O2/c1-3-8-15(12(4-2)13(16)17)10-11-6-5-7-14-9-11/h11-12,14H,3-10H2,1-2H3,(H,16,17). The van der Waals surface area contributed by atoms with Gasteiger partial charge in [0.1, 0.15) is 6.04 Å². The molecule has 0 saturated carbocycles. The second kappa shape index (κ2) is 7.67. The Bertz CT molecular complexity index is 227. The number of piperidine rings is 1. The number of carboxylic acid groups (broad SMARTS) is 1. The lowest BCUT2D eigenvalue weighted by Gasteiger charge is -2.33. The number of hydrogen-bond acceptors (Lipinski definition) is 3. The highest BCUT2D eigenvalue weighted by Gasteiger charge is 2.26. The van der Waals surface area contributed by atoms with E-state index >= 15 is 0 Å². The topological polar surface area (TPSA) is 52.6 Å². The molecule has 0 amide bonds. The van der Waals surface area contributed by atoms with E-state index in [1.54, 1.807) is 0 Å². The molecule has 4 heteroatoms. The summed E-state index contributed by atoms with van der Waals surface area (Å²) in [6, 6.07) is -0.308. The molecule has 2 N–H and O–H groups in total. The first kappa shape index (κ1) is 14.5. The van der Waals surface area contributed by atoms with Gasteiger partial charge in [0.05, 0.1) is 0 Å². The van der Waals surface area contributed by atoms with Crippen molar-refractivity contribution in [3.8, 4) is 0 Å². The minimum absolute atomic E-state index is 0.308. The third-order valence-corrected chi connectivity index (χ3v) is 3.51. The summed E-state index contributed by atoms with van der Waals surface area (Å²) in [6.07, 6.45) is 4.15. The average Bonchev–Trinajstić information content (AvgIpc) is 2.31. The molecule has 0 aromatic carbocycles. The lowest BCUT2D eigenvalue weighted by molar-refractivity contribution is -0.143. The molecule has 2 atom stereocenters. The highest BCUT2D eigenvalue weighted by Crippen LogP contribution is 2.15. The third kappa shape index (κ3) is 4.64. The fourth-order valence-electron chi connectivity index (χ4n) is 2.66. The van der Waals surface area contributed by atoms with E-state index in [-0.39, 0.29) is 6.04 Å². The van der Waals surface area contributed by atoms with E-state index in [4.69, 9.17) is 0 Å². The fourth-order valence-corrected chi connectivity index (χ4v) is 2.66. The monoisotopic (exact) mass is 242 g/mol. The fraction of sp³-hybridized carbons (Fsp3) is 0.923. The van der Waals surface area contributed by atoms with Crippen LogP contribution in [-0.4, -0.2) is 48.2 Å². The molecule has 2 unspecified atom stereocenters. The van der Waals surface area contributed by atoms with E-state index in [1.807, 2.05) is 6.92 Å². The minimum Gasteiger partial charge on any atom is -0.480 e. The second-order valence-corrected chi connectivity index (χ2v) is 4.97. The van der Waals surface area contributed by atoms with E-state index in [9.17, 15) is 9.90 Å². The first-order chi connectivity index (χ1) is 8.19. The average molecular weight is 242 g/mol. The van der Waals surface area contributed by atoms with Crippen LogP contribution in [0.25, 0.3) is 0 Å². The lowest BCUT2D eigenvalue weighted by Crippen LogP contribution is -2.46. The second-order valence-electron chi connectivity index (χ2n) is 4.97. The van der Waals surface area contributed by atoms with E-state index in [1.165, 1.54) is 12.8 Å². The zero-order chi connectivity index (χ0) is 12.7. The van der Waals surface area contributed by atoms with Crippen molar-refractivity contribution in [3.63, 3.8) is 0 Å². The first-order valence-electron chi connectivity index (χ1n) is 6.86. The Kier molecular flexibility index (Phi) is 6.52. The quantitative estimate of drug-likeness (QED) is 0.711. The van der Waals surface area contributed by atoms with Gasteiger partial charge in [-0.3, -0.25) is 9.69 Å². The molecule has 1 aliphatic heterocycles. The van der Waals surface area contributed by atoms with Crippen molar-refractivity contribution in [3.05, 3.63) is 0 Å². The van der Waals surface area contributed by atoms with Gasteiger partial charge in [0, 0.05) is 6.54 Å². The van der Waals surface area contributed by atoms with E-state index in [0.29, 0.717) is 12.3 Å². The third-order valence-electron chi connectivity index (χ3n) is 3.51. The maximum atomic E-state index is 11.2. The summed E-state index contributed by atoms with van der Waals surface area (Å²) >= 11 is 0. The molecular formula is C13H26N2O2.